The third kappa shape index (κ3) is 3.21. The van der Waals surface area contributed by atoms with Crippen LogP contribution >= 0.6 is 28.3 Å². The predicted octanol–water partition coefficient (Wildman–Crippen LogP) is 3.82. The minimum absolute atomic E-state index is 0. The zero-order valence-corrected chi connectivity index (χ0v) is 13.8. The Bertz CT molecular complexity index is 802. The van der Waals surface area contributed by atoms with Crippen molar-refractivity contribution in [3.63, 3.8) is 0 Å². The maximum absolute atomic E-state index is 11.5. The van der Waals surface area contributed by atoms with E-state index in [0.29, 0.717) is 5.56 Å². The number of benzene rings is 1. The number of halogens is 2. The van der Waals surface area contributed by atoms with Crippen molar-refractivity contribution in [3.8, 4) is 16.9 Å². The number of primary amides is 1. The van der Waals surface area contributed by atoms with Gasteiger partial charge < -0.3 is 10.3 Å². The van der Waals surface area contributed by atoms with E-state index >= 15 is 0 Å². The number of amides is 1. The van der Waals surface area contributed by atoms with Crippen molar-refractivity contribution in [1.82, 2.24) is 9.55 Å². The highest BCUT2D eigenvalue weighted by Gasteiger charge is 2.12. The number of hydrogen-bond donors (Lipinski definition) is 1. The van der Waals surface area contributed by atoms with Crippen molar-refractivity contribution in [3.05, 3.63) is 71.1 Å². The molecule has 0 radical (unpaired) electrons. The van der Waals surface area contributed by atoms with Crippen molar-refractivity contribution in [1.29, 1.82) is 0 Å². The molecule has 2 aromatic heterocycles. The molecule has 0 saturated heterocycles. The molecule has 0 spiro atoms. The standard InChI is InChI=1S/C16H12BrN3O.ClH/c17-13-2-1-3-14(9-13)20-10-12(16(18)21)8-15(20)11-4-6-19-7-5-11;/h1-10H,(H2,18,21);1H. The highest BCUT2D eigenvalue weighted by Crippen LogP contribution is 2.26. The maximum Gasteiger partial charge on any atom is 0.250 e. The van der Waals surface area contributed by atoms with Gasteiger partial charge in [0.05, 0.1) is 11.3 Å². The van der Waals surface area contributed by atoms with E-state index in [0.717, 1.165) is 21.4 Å². The fourth-order valence-corrected chi connectivity index (χ4v) is 2.57. The van der Waals surface area contributed by atoms with Gasteiger partial charge in [-0.1, -0.05) is 22.0 Å². The smallest absolute Gasteiger partial charge is 0.250 e. The summed E-state index contributed by atoms with van der Waals surface area (Å²) >= 11 is 3.46. The summed E-state index contributed by atoms with van der Waals surface area (Å²) in [5.74, 6) is -0.445. The second-order valence-corrected chi connectivity index (χ2v) is 5.48. The number of carbonyl (C=O) groups is 1. The molecule has 6 heteroatoms. The summed E-state index contributed by atoms with van der Waals surface area (Å²) in [6, 6.07) is 13.4. The van der Waals surface area contributed by atoms with Crippen LogP contribution in [0.4, 0.5) is 0 Å². The molecule has 2 heterocycles. The van der Waals surface area contributed by atoms with E-state index in [1.54, 1.807) is 24.7 Å². The zero-order chi connectivity index (χ0) is 14.8. The number of pyridine rings is 1. The van der Waals surface area contributed by atoms with Crippen LogP contribution in [0.25, 0.3) is 16.9 Å². The van der Waals surface area contributed by atoms with Crippen molar-refractivity contribution >= 4 is 34.2 Å². The lowest BCUT2D eigenvalue weighted by Crippen LogP contribution is -2.09. The normalized spacial score (nSPS) is 10.0. The number of nitrogens with two attached hydrogens (primary N) is 1. The lowest BCUT2D eigenvalue weighted by Gasteiger charge is -2.09. The molecule has 4 nitrogen and oxygen atoms in total. The highest BCUT2D eigenvalue weighted by molar-refractivity contribution is 9.10. The van der Waals surface area contributed by atoms with Gasteiger partial charge in [-0.3, -0.25) is 9.78 Å². The van der Waals surface area contributed by atoms with Crippen molar-refractivity contribution in [2.75, 3.05) is 0 Å². The quantitative estimate of drug-likeness (QED) is 0.753. The minimum atomic E-state index is -0.445. The predicted molar refractivity (Wildman–Crippen MR) is 92.5 cm³/mol. The molecule has 0 aliphatic carbocycles. The van der Waals surface area contributed by atoms with E-state index in [9.17, 15) is 4.79 Å². The first-order chi connectivity index (χ1) is 10.1. The van der Waals surface area contributed by atoms with Gasteiger partial charge in [0.25, 0.3) is 0 Å². The van der Waals surface area contributed by atoms with Crippen LogP contribution < -0.4 is 5.73 Å². The lowest BCUT2D eigenvalue weighted by molar-refractivity contribution is 0.100. The van der Waals surface area contributed by atoms with Gasteiger partial charge in [-0.2, -0.15) is 0 Å². The van der Waals surface area contributed by atoms with Crippen molar-refractivity contribution in [2.45, 2.75) is 0 Å². The number of aromatic nitrogens is 2. The van der Waals surface area contributed by atoms with Gasteiger partial charge in [-0.15, -0.1) is 12.4 Å². The average molecular weight is 379 g/mol. The molecule has 112 valence electrons. The van der Waals surface area contributed by atoms with Gasteiger partial charge >= 0.3 is 0 Å². The van der Waals surface area contributed by atoms with E-state index in [-0.39, 0.29) is 12.4 Å². The molecule has 0 atom stereocenters. The summed E-state index contributed by atoms with van der Waals surface area (Å²) in [7, 11) is 0. The van der Waals surface area contributed by atoms with Gasteiger partial charge in [0, 0.05) is 34.3 Å². The summed E-state index contributed by atoms with van der Waals surface area (Å²) < 4.78 is 2.91. The molecule has 0 aliphatic heterocycles. The molecular weight excluding hydrogens is 366 g/mol. The topological polar surface area (TPSA) is 60.9 Å². The first-order valence-electron chi connectivity index (χ1n) is 6.34. The largest absolute Gasteiger partial charge is 0.366 e. The average Bonchev–Trinajstić information content (AvgIpc) is 2.93. The summed E-state index contributed by atoms with van der Waals surface area (Å²) in [4.78, 5) is 15.5. The Morgan fingerprint density at radius 1 is 1.14 bits per heavy atom. The summed E-state index contributed by atoms with van der Waals surface area (Å²) in [6.45, 7) is 0. The van der Waals surface area contributed by atoms with E-state index in [4.69, 9.17) is 5.73 Å². The second-order valence-electron chi connectivity index (χ2n) is 4.56. The summed E-state index contributed by atoms with van der Waals surface area (Å²) in [5.41, 5.74) is 8.69. The molecule has 3 aromatic rings. The van der Waals surface area contributed by atoms with Crippen LogP contribution in [-0.2, 0) is 0 Å². The van der Waals surface area contributed by atoms with E-state index in [1.165, 1.54) is 0 Å². The molecule has 0 unspecified atom stereocenters. The van der Waals surface area contributed by atoms with E-state index in [1.807, 2.05) is 41.0 Å². The van der Waals surface area contributed by atoms with Crippen LogP contribution in [0.2, 0.25) is 0 Å². The van der Waals surface area contributed by atoms with Gasteiger partial charge in [-0.05, 0) is 36.4 Å². The third-order valence-corrected chi connectivity index (χ3v) is 3.66. The monoisotopic (exact) mass is 377 g/mol. The second kappa shape index (κ2) is 6.77. The van der Waals surface area contributed by atoms with Crippen LogP contribution in [0.5, 0.6) is 0 Å². The number of nitrogens with zero attached hydrogens (tertiary/aromatic N) is 2. The Morgan fingerprint density at radius 2 is 1.86 bits per heavy atom. The molecule has 2 N–H and O–H groups in total. The summed E-state index contributed by atoms with van der Waals surface area (Å²) in [6.07, 6.45) is 5.19. The fourth-order valence-electron chi connectivity index (χ4n) is 2.18. The number of hydrogen-bond acceptors (Lipinski definition) is 2. The molecular formula is C16H13BrClN3O. The third-order valence-electron chi connectivity index (χ3n) is 3.17. The van der Waals surface area contributed by atoms with E-state index < -0.39 is 5.91 Å². The minimum Gasteiger partial charge on any atom is -0.366 e. The molecule has 0 aliphatic rings. The number of rotatable bonds is 3. The molecule has 22 heavy (non-hydrogen) atoms. The van der Waals surface area contributed by atoms with Crippen molar-refractivity contribution in [2.24, 2.45) is 5.73 Å². The van der Waals surface area contributed by atoms with Crippen molar-refractivity contribution < 1.29 is 4.79 Å². The number of carbonyl (C=O) groups excluding carboxylic acids is 1. The zero-order valence-electron chi connectivity index (χ0n) is 11.4. The van der Waals surface area contributed by atoms with Crippen LogP contribution in [-0.4, -0.2) is 15.5 Å². The highest BCUT2D eigenvalue weighted by atomic mass is 79.9. The Morgan fingerprint density at radius 3 is 2.50 bits per heavy atom. The maximum atomic E-state index is 11.5. The van der Waals surface area contributed by atoms with Gasteiger partial charge in [0.1, 0.15) is 0 Å². The van der Waals surface area contributed by atoms with Gasteiger partial charge in [0.2, 0.25) is 5.91 Å². The van der Waals surface area contributed by atoms with Crippen LogP contribution in [0.3, 0.4) is 0 Å². The van der Waals surface area contributed by atoms with Gasteiger partial charge in [-0.25, -0.2) is 0 Å². The first kappa shape index (κ1) is 16.3. The van der Waals surface area contributed by atoms with Crippen LogP contribution in [0.1, 0.15) is 10.4 Å². The fraction of sp³-hybridized carbons (Fsp3) is 0. The molecule has 3 rings (SSSR count). The Balaban J connectivity index is 0.00000176. The molecule has 1 amide bonds. The SMILES string of the molecule is Cl.NC(=O)c1cc(-c2ccncc2)n(-c2cccc(Br)c2)c1. The van der Waals surface area contributed by atoms with Crippen LogP contribution in [0.15, 0.2) is 65.5 Å². The van der Waals surface area contributed by atoms with Crippen LogP contribution in [0, 0.1) is 0 Å². The van der Waals surface area contributed by atoms with Gasteiger partial charge in [0.15, 0.2) is 0 Å². The Kier molecular flexibility index (Phi) is 5.00. The lowest BCUT2D eigenvalue weighted by atomic mass is 10.2. The Hall–Kier alpha value is -2.11. The molecule has 1 aromatic carbocycles. The molecule has 0 bridgehead atoms. The summed E-state index contributed by atoms with van der Waals surface area (Å²) in [5, 5.41) is 0. The molecule has 0 fully saturated rings. The molecule has 0 saturated carbocycles. The first-order valence-corrected chi connectivity index (χ1v) is 7.13. The van der Waals surface area contributed by atoms with E-state index in [2.05, 4.69) is 20.9 Å². The Labute approximate surface area is 142 Å².